The van der Waals surface area contributed by atoms with Crippen molar-refractivity contribution in [2.24, 2.45) is 5.73 Å². The zero-order valence-corrected chi connectivity index (χ0v) is 10.3. The van der Waals surface area contributed by atoms with Crippen molar-refractivity contribution in [2.75, 3.05) is 19.0 Å². The second kappa shape index (κ2) is 4.97. The zero-order chi connectivity index (χ0) is 14.0. The number of nitrogens with zero attached hydrogens (tertiary/aromatic N) is 1. The molecule has 1 aromatic rings. The number of fused-ring (bicyclic) bond motifs is 1. The van der Waals surface area contributed by atoms with E-state index >= 15 is 0 Å². The minimum Gasteiger partial charge on any atom is -0.495 e. The molecule has 1 aliphatic heterocycles. The third-order valence-electron chi connectivity index (χ3n) is 2.76. The molecule has 0 aliphatic carbocycles. The Bertz CT molecular complexity index is 556. The summed E-state index contributed by atoms with van der Waals surface area (Å²) < 4.78 is 5.13. The van der Waals surface area contributed by atoms with Gasteiger partial charge in [0.05, 0.1) is 12.8 Å². The van der Waals surface area contributed by atoms with Crippen molar-refractivity contribution in [3.8, 4) is 5.75 Å². The maximum Gasteiger partial charge on any atom is 0.314 e. The molecule has 0 spiro atoms. The lowest BCUT2D eigenvalue weighted by Crippen LogP contribution is -2.41. The number of ether oxygens (including phenoxy) is 1. The van der Waals surface area contributed by atoms with Gasteiger partial charge in [-0.25, -0.2) is 0 Å². The van der Waals surface area contributed by atoms with Gasteiger partial charge in [0.2, 0.25) is 5.91 Å². The summed E-state index contributed by atoms with van der Waals surface area (Å²) in [7, 11) is 1.47. The van der Waals surface area contributed by atoms with Gasteiger partial charge in [0.25, 0.3) is 0 Å². The van der Waals surface area contributed by atoms with E-state index in [0.717, 1.165) is 4.90 Å². The number of carbonyl (C=O) groups excluding carboxylic acids is 3. The summed E-state index contributed by atoms with van der Waals surface area (Å²) in [4.78, 5) is 35.6. The minimum atomic E-state index is -0.815. The molecule has 0 aromatic heterocycles. The van der Waals surface area contributed by atoms with Crippen LogP contribution in [0.3, 0.4) is 0 Å². The van der Waals surface area contributed by atoms with Crippen molar-refractivity contribution < 1.29 is 19.1 Å². The molecule has 0 fully saturated rings. The second-order valence-corrected chi connectivity index (χ2v) is 4.08. The van der Waals surface area contributed by atoms with E-state index < -0.39 is 17.7 Å². The number of benzene rings is 1. The van der Waals surface area contributed by atoms with Gasteiger partial charge in [0.15, 0.2) is 0 Å². The van der Waals surface area contributed by atoms with Crippen LogP contribution in [0.2, 0.25) is 0 Å². The van der Waals surface area contributed by atoms with Crippen LogP contribution in [0.25, 0.3) is 0 Å². The van der Waals surface area contributed by atoms with Crippen molar-refractivity contribution in [1.29, 1.82) is 0 Å². The van der Waals surface area contributed by atoms with Gasteiger partial charge in [0.1, 0.15) is 12.3 Å². The van der Waals surface area contributed by atoms with Crippen molar-refractivity contribution in [1.82, 2.24) is 4.90 Å². The number of primary amides is 1. The number of methoxy groups -OCH3 is 1. The van der Waals surface area contributed by atoms with Crippen molar-refractivity contribution in [2.45, 2.75) is 6.54 Å². The number of carbonyl (C=O) groups is 3. The van der Waals surface area contributed by atoms with E-state index in [4.69, 9.17) is 10.5 Å². The van der Waals surface area contributed by atoms with Gasteiger partial charge in [-0.05, 0) is 11.6 Å². The first kappa shape index (κ1) is 12.9. The van der Waals surface area contributed by atoms with Gasteiger partial charge >= 0.3 is 11.8 Å². The van der Waals surface area contributed by atoms with Crippen LogP contribution in [-0.4, -0.2) is 36.3 Å². The Morgan fingerprint density at radius 1 is 1.47 bits per heavy atom. The molecule has 0 saturated carbocycles. The van der Waals surface area contributed by atoms with Crippen LogP contribution < -0.4 is 15.8 Å². The monoisotopic (exact) mass is 263 g/mol. The van der Waals surface area contributed by atoms with E-state index in [2.05, 4.69) is 5.32 Å². The summed E-state index contributed by atoms with van der Waals surface area (Å²) in [6.45, 7) is -0.185. The largest absolute Gasteiger partial charge is 0.495 e. The average molecular weight is 263 g/mol. The van der Waals surface area contributed by atoms with Gasteiger partial charge in [-0.2, -0.15) is 0 Å². The Labute approximate surface area is 109 Å². The van der Waals surface area contributed by atoms with Gasteiger partial charge in [-0.15, -0.1) is 0 Å². The van der Waals surface area contributed by atoms with E-state index in [1.54, 1.807) is 18.2 Å². The van der Waals surface area contributed by atoms with Crippen molar-refractivity contribution in [3.05, 3.63) is 23.8 Å². The Morgan fingerprint density at radius 3 is 2.84 bits per heavy atom. The Morgan fingerprint density at radius 2 is 2.21 bits per heavy atom. The normalized spacial score (nSPS) is 14.5. The maximum absolute atomic E-state index is 11.8. The Kier molecular flexibility index (Phi) is 3.37. The molecular weight excluding hydrogens is 250 g/mol. The van der Waals surface area contributed by atoms with Gasteiger partial charge < -0.3 is 20.7 Å². The number of nitrogens with two attached hydrogens (primary N) is 1. The quantitative estimate of drug-likeness (QED) is 0.715. The Hall–Kier alpha value is -2.57. The lowest BCUT2D eigenvalue weighted by Gasteiger charge is -2.17. The fraction of sp³-hybridized carbons (Fsp3) is 0.250. The molecule has 1 aliphatic rings. The molecule has 1 aromatic carbocycles. The number of hydrogen-bond donors (Lipinski definition) is 2. The fourth-order valence-corrected chi connectivity index (χ4v) is 1.92. The summed E-state index contributed by atoms with van der Waals surface area (Å²) in [6.07, 6.45) is 0. The first-order chi connectivity index (χ1) is 9.02. The smallest absolute Gasteiger partial charge is 0.314 e. The lowest BCUT2D eigenvalue weighted by atomic mass is 10.1. The third-order valence-corrected chi connectivity index (χ3v) is 2.76. The van der Waals surface area contributed by atoms with Crippen LogP contribution in [0.4, 0.5) is 5.69 Å². The van der Waals surface area contributed by atoms with E-state index in [9.17, 15) is 14.4 Å². The number of anilines is 1. The summed E-state index contributed by atoms with van der Waals surface area (Å²) in [5.74, 6) is -1.83. The predicted molar refractivity (Wildman–Crippen MR) is 66.2 cm³/mol. The molecule has 19 heavy (non-hydrogen) atoms. The van der Waals surface area contributed by atoms with Crippen molar-refractivity contribution in [3.63, 3.8) is 0 Å². The summed E-state index contributed by atoms with van der Waals surface area (Å²) in [5, 5.41) is 2.49. The molecule has 2 rings (SSSR count). The highest BCUT2D eigenvalue weighted by molar-refractivity contribution is 6.40. The van der Waals surface area contributed by atoms with E-state index in [1.165, 1.54) is 7.11 Å². The van der Waals surface area contributed by atoms with Crippen LogP contribution in [0.5, 0.6) is 5.75 Å². The van der Waals surface area contributed by atoms with Crippen LogP contribution >= 0.6 is 0 Å². The first-order valence-corrected chi connectivity index (χ1v) is 5.57. The number of amides is 3. The molecule has 0 atom stereocenters. The molecular formula is C12H13N3O4. The molecule has 7 heteroatoms. The number of nitrogens with one attached hydrogen (secondary N) is 1. The lowest BCUT2D eigenvalue weighted by molar-refractivity contribution is -0.144. The molecule has 3 amide bonds. The first-order valence-electron chi connectivity index (χ1n) is 5.57. The predicted octanol–water partition coefficient (Wildman–Crippen LogP) is -0.539. The molecule has 0 saturated heterocycles. The third kappa shape index (κ3) is 2.49. The average Bonchev–Trinajstić information content (AvgIpc) is 2.48. The van der Waals surface area contributed by atoms with E-state index in [0.29, 0.717) is 17.0 Å². The van der Waals surface area contributed by atoms with Crippen LogP contribution in [0, 0.1) is 0 Å². The van der Waals surface area contributed by atoms with Gasteiger partial charge in [-0.3, -0.25) is 14.4 Å². The fourth-order valence-electron chi connectivity index (χ4n) is 1.92. The highest BCUT2D eigenvalue weighted by Crippen LogP contribution is 2.30. The Balaban J connectivity index is 2.42. The number of hydrogen-bond acceptors (Lipinski definition) is 4. The standard InChI is InChI=1S/C12H13N3O4/c1-19-8-4-2-3-7-5-15(6-9(13)16)12(18)11(17)14-10(7)8/h2-4H,5-6H2,1H3,(H2,13,16)(H,14,17). The summed E-state index contributed by atoms with van der Waals surface area (Å²) >= 11 is 0. The van der Waals surface area contributed by atoms with Gasteiger partial charge in [-0.1, -0.05) is 12.1 Å². The van der Waals surface area contributed by atoms with E-state index in [1.807, 2.05) is 0 Å². The van der Waals surface area contributed by atoms with Crippen LogP contribution in [0.15, 0.2) is 18.2 Å². The van der Waals surface area contributed by atoms with E-state index in [-0.39, 0.29) is 13.1 Å². The molecule has 100 valence electrons. The highest BCUT2D eigenvalue weighted by atomic mass is 16.5. The molecule has 0 unspecified atom stereocenters. The van der Waals surface area contributed by atoms with Crippen molar-refractivity contribution >= 4 is 23.4 Å². The SMILES string of the molecule is COc1cccc2c1NC(=O)C(=O)N(CC(N)=O)C2. The molecule has 0 radical (unpaired) electrons. The maximum atomic E-state index is 11.8. The number of para-hydroxylation sites is 1. The van der Waals surface area contributed by atoms with Crippen LogP contribution in [0.1, 0.15) is 5.56 Å². The molecule has 3 N–H and O–H groups in total. The number of rotatable bonds is 3. The molecule has 0 bridgehead atoms. The van der Waals surface area contributed by atoms with Gasteiger partial charge in [0, 0.05) is 6.54 Å². The highest BCUT2D eigenvalue weighted by Gasteiger charge is 2.29. The minimum absolute atomic E-state index is 0.118. The summed E-state index contributed by atoms with van der Waals surface area (Å²) in [5.41, 5.74) is 6.19. The second-order valence-electron chi connectivity index (χ2n) is 4.08. The molecule has 7 nitrogen and oxygen atoms in total. The van der Waals surface area contributed by atoms with Crippen LogP contribution in [-0.2, 0) is 20.9 Å². The summed E-state index contributed by atoms with van der Waals surface area (Å²) in [6, 6.07) is 5.15. The zero-order valence-electron chi connectivity index (χ0n) is 10.3. The topological polar surface area (TPSA) is 102 Å². The molecule has 1 heterocycles.